The number of aryl methyl sites for hydroxylation is 1. The Labute approximate surface area is 139 Å². The van der Waals surface area contributed by atoms with Gasteiger partial charge in [0.2, 0.25) is 0 Å². The Kier molecular flexibility index (Phi) is 5.49. The molecule has 5 heteroatoms. The lowest BCUT2D eigenvalue weighted by atomic mass is 9.78. The summed E-state index contributed by atoms with van der Waals surface area (Å²) in [5.41, 5.74) is 0.982. The fourth-order valence-corrected chi connectivity index (χ4v) is 4.23. The van der Waals surface area contributed by atoms with Crippen molar-refractivity contribution in [3.63, 3.8) is 0 Å². The molecule has 1 aliphatic heterocycles. The number of aliphatic hydroxyl groups excluding tert-OH is 1. The molecule has 1 aromatic rings. The summed E-state index contributed by atoms with van der Waals surface area (Å²) in [6.45, 7) is 3.48. The number of nitrogens with zero attached hydrogens (tertiary/aromatic N) is 3. The van der Waals surface area contributed by atoms with E-state index in [1.807, 2.05) is 6.92 Å². The van der Waals surface area contributed by atoms with Gasteiger partial charge in [-0.05, 0) is 39.0 Å². The van der Waals surface area contributed by atoms with Gasteiger partial charge in [0.15, 0.2) is 5.82 Å². The van der Waals surface area contributed by atoms with Crippen LogP contribution < -0.4 is 4.90 Å². The summed E-state index contributed by atoms with van der Waals surface area (Å²) in [7, 11) is 1.67. The molecule has 3 atom stereocenters. The first-order chi connectivity index (χ1) is 11.2. The number of rotatable bonds is 4. The van der Waals surface area contributed by atoms with E-state index < -0.39 is 0 Å². The number of methoxy groups -OCH3 is 1. The second kappa shape index (κ2) is 7.58. The minimum atomic E-state index is -0.157. The first-order valence-corrected chi connectivity index (χ1v) is 8.97. The van der Waals surface area contributed by atoms with Gasteiger partial charge in [-0.25, -0.2) is 9.97 Å². The number of piperidine rings is 1. The maximum absolute atomic E-state index is 10.5. The van der Waals surface area contributed by atoms with Crippen LogP contribution in [0.4, 0.5) is 5.82 Å². The summed E-state index contributed by atoms with van der Waals surface area (Å²) in [5, 5.41) is 10.5. The lowest BCUT2D eigenvalue weighted by Gasteiger charge is -2.44. The standard InChI is InChI=1S/C18H29N3O2/c1-13-11-18(20-17(19-13)12-23-2)21-10-6-5-8-15(21)14-7-3-4-9-16(14)22/h11,14-16,22H,3-10,12H2,1-2H3. The zero-order valence-corrected chi connectivity index (χ0v) is 14.4. The number of aromatic nitrogens is 2. The first kappa shape index (κ1) is 16.7. The molecule has 128 valence electrons. The maximum Gasteiger partial charge on any atom is 0.156 e. The van der Waals surface area contributed by atoms with Gasteiger partial charge in [0.1, 0.15) is 12.4 Å². The number of anilines is 1. The highest BCUT2D eigenvalue weighted by molar-refractivity contribution is 5.42. The highest BCUT2D eigenvalue weighted by Crippen LogP contribution is 2.36. The predicted octanol–water partition coefficient (Wildman–Crippen LogP) is 2.84. The van der Waals surface area contributed by atoms with E-state index >= 15 is 0 Å². The highest BCUT2D eigenvalue weighted by Gasteiger charge is 2.36. The SMILES string of the molecule is COCc1nc(C)cc(N2CCCCC2C2CCCCC2O)n1. The van der Waals surface area contributed by atoms with E-state index in [1.54, 1.807) is 7.11 Å². The number of hydrogen-bond acceptors (Lipinski definition) is 5. The van der Waals surface area contributed by atoms with Crippen molar-refractivity contribution in [2.24, 2.45) is 5.92 Å². The zero-order chi connectivity index (χ0) is 16.2. The van der Waals surface area contributed by atoms with Gasteiger partial charge in [0.25, 0.3) is 0 Å². The number of hydrogen-bond donors (Lipinski definition) is 1. The third-order valence-electron chi connectivity index (χ3n) is 5.28. The second-order valence-corrected chi connectivity index (χ2v) is 6.99. The Morgan fingerprint density at radius 2 is 1.96 bits per heavy atom. The van der Waals surface area contributed by atoms with Crippen molar-refractivity contribution in [3.05, 3.63) is 17.6 Å². The molecule has 2 heterocycles. The highest BCUT2D eigenvalue weighted by atomic mass is 16.5. The Morgan fingerprint density at radius 1 is 1.17 bits per heavy atom. The van der Waals surface area contributed by atoms with Crippen LogP contribution in [-0.4, -0.2) is 40.9 Å². The number of ether oxygens (including phenoxy) is 1. The van der Waals surface area contributed by atoms with E-state index in [1.165, 1.54) is 19.3 Å². The molecule has 1 N–H and O–H groups in total. The Balaban J connectivity index is 1.86. The van der Waals surface area contributed by atoms with Crippen LogP contribution in [0.1, 0.15) is 56.5 Å². The second-order valence-electron chi connectivity index (χ2n) is 6.99. The van der Waals surface area contributed by atoms with Gasteiger partial charge < -0.3 is 14.7 Å². The van der Waals surface area contributed by atoms with Gasteiger partial charge in [0.05, 0.1) is 6.10 Å². The summed E-state index contributed by atoms with van der Waals surface area (Å²) in [6.07, 6.45) is 7.94. The van der Waals surface area contributed by atoms with Crippen molar-refractivity contribution < 1.29 is 9.84 Å². The van der Waals surface area contributed by atoms with Crippen molar-refractivity contribution in [2.45, 2.75) is 70.6 Å². The van der Waals surface area contributed by atoms with Crippen molar-refractivity contribution in [1.82, 2.24) is 9.97 Å². The maximum atomic E-state index is 10.5. The lowest BCUT2D eigenvalue weighted by molar-refractivity contribution is 0.0492. The average Bonchev–Trinajstić information content (AvgIpc) is 2.55. The molecule has 0 amide bonds. The van der Waals surface area contributed by atoms with Gasteiger partial charge in [-0.15, -0.1) is 0 Å². The van der Waals surface area contributed by atoms with E-state index in [-0.39, 0.29) is 6.10 Å². The topological polar surface area (TPSA) is 58.5 Å². The smallest absolute Gasteiger partial charge is 0.156 e. The van der Waals surface area contributed by atoms with Crippen LogP contribution in [0.2, 0.25) is 0 Å². The molecule has 5 nitrogen and oxygen atoms in total. The van der Waals surface area contributed by atoms with Gasteiger partial charge in [-0.2, -0.15) is 0 Å². The summed E-state index contributed by atoms with van der Waals surface area (Å²) >= 11 is 0. The lowest BCUT2D eigenvalue weighted by Crippen LogP contribution is -2.49. The van der Waals surface area contributed by atoms with E-state index in [0.29, 0.717) is 18.6 Å². The number of aliphatic hydroxyl groups is 1. The Bertz CT molecular complexity index is 523. The molecule has 0 bridgehead atoms. The molecule has 23 heavy (non-hydrogen) atoms. The molecule has 1 saturated carbocycles. The zero-order valence-electron chi connectivity index (χ0n) is 14.4. The molecule has 3 unspecified atom stereocenters. The minimum absolute atomic E-state index is 0.157. The van der Waals surface area contributed by atoms with E-state index in [0.717, 1.165) is 49.6 Å². The predicted molar refractivity (Wildman–Crippen MR) is 90.4 cm³/mol. The van der Waals surface area contributed by atoms with E-state index in [2.05, 4.69) is 16.0 Å². The molecule has 1 aromatic heterocycles. The van der Waals surface area contributed by atoms with E-state index in [9.17, 15) is 5.11 Å². The van der Waals surface area contributed by atoms with Crippen molar-refractivity contribution in [3.8, 4) is 0 Å². The monoisotopic (exact) mass is 319 g/mol. The first-order valence-electron chi connectivity index (χ1n) is 8.97. The quantitative estimate of drug-likeness (QED) is 0.925. The van der Waals surface area contributed by atoms with Crippen LogP contribution in [0.5, 0.6) is 0 Å². The summed E-state index contributed by atoms with van der Waals surface area (Å²) < 4.78 is 5.20. The molecule has 0 radical (unpaired) electrons. The van der Waals surface area contributed by atoms with Crippen LogP contribution in [0.25, 0.3) is 0 Å². The minimum Gasteiger partial charge on any atom is -0.393 e. The normalized spacial score (nSPS) is 28.8. The molecule has 0 spiro atoms. The van der Waals surface area contributed by atoms with E-state index in [4.69, 9.17) is 9.72 Å². The van der Waals surface area contributed by atoms with Gasteiger partial charge in [0, 0.05) is 37.4 Å². The summed E-state index contributed by atoms with van der Waals surface area (Å²) in [5.74, 6) is 2.13. The molecule has 1 saturated heterocycles. The molecular formula is C18H29N3O2. The van der Waals surface area contributed by atoms with Crippen LogP contribution in [0.15, 0.2) is 6.07 Å². The van der Waals surface area contributed by atoms with Crippen LogP contribution in [0, 0.1) is 12.8 Å². The third-order valence-corrected chi connectivity index (χ3v) is 5.28. The van der Waals surface area contributed by atoms with Crippen LogP contribution in [0.3, 0.4) is 0 Å². The molecule has 2 fully saturated rings. The Hall–Kier alpha value is -1.20. The molecule has 2 aliphatic rings. The fourth-order valence-electron chi connectivity index (χ4n) is 4.23. The van der Waals surface area contributed by atoms with Crippen molar-refractivity contribution in [2.75, 3.05) is 18.6 Å². The molecule has 0 aromatic carbocycles. The van der Waals surface area contributed by atoms with Crippen molar-refractivity contribution in [1.29, 1.82) is 0 Å². The van der Waals surface area contributed by atoms with Crippen molar-refractivity contribution >= 4 is 5.82 Å². The Morgan fingerprint density at radius 3 is 2.74 bits per heavy atom. The summed E-state index contributed by atoms with van der Waals surface area (Å²) in [6, 6.07) is 2.48. The third kappa shape index (κ3) is 3.83. The van der Waals surface area contributed by atoms with Gasteiger partial charge in [-0.1, -0.05) is 12.8 Å². The fraction of sp³-hybridized carbons (Fsp3) is 0.778. The van der Waals surface area contributed by atoms with Gasteiger partial charge >= 0.3 is 0 Å². The molecule has 3 rings (SSSR count). The molecular weight excluding hydrogens is 290 g/mol. The summed E-state index contributed by atoms with van der Waals surface area (Å²) in [4.78, 5) is 11.6. The average molecular weight is 319 g/mol. The van der Waals surface area contributed by atoms with Crippen LogP contribution >= 0.6 is 0 Å². The largest absolute Gasteiger partial charge is 0.393 e. The van der Waals surface area contributed by atoms with Gasteiger partial charge in [-0.3, -0.25) is 0 Å². The molecule has 1 aliphatic carbocycles. The van der Waals surface area contributed by atoms with Crippen LogP contribution in [-0.2, 0) is 11.3 Å².